The first-order valence-corrected chi connectivity index (χ1v) is 8.81. The van der Waals surface area contributed by atoms with Crippen molar-refractivity contribution < 1.29 is 23.9 Å². The van der Waals surface area contributed by atoms with Gasteiger partial charge in [-0.15, -0.1) is 0 Å². The average molecular weight is 400 g/mol. The molecular weight excluding hydrogens is 376 g/mol. The Morgan fingerprint density at radius 1 is 1.03 bits per heavy atom. The Bertz CT molecular complexity index is 852. The van der Waals surface area contributed by atoms with Crippen LogP contribution in [0.15, 0.2) is 53.7 Å². The quantitative estimate of drug-likeness (QED) is 0.319. The Morgan fingerprint density at radius 3 is 2.45 bits per heavy atom. The lowest BCUT2D eigenvalue weighted by Crippen LogP contribution is -2.19. The topological polar surface area (TPSA) is 124 Å². The number of carbonyl (C=O) groups excluding carboxylic acids is 2. The molecule has 0 bridgehead atoms. The van der Waals surface area contributed by atoms with Crippen molar-refractivity contribution in [3.05, 3.63) is 54.1 Å². The fraction of sp³-hybridized carbons (Fsp3) is 0.250. The molecule has 9 heteroatoms. The third kappa shape index (κ3) is 7.15. The number of anilines is 2. The maximum atomic E-state index is 12.4. The third-order valence-electron chi connectivity index (χ3n) is 3.73. The number of oxime groups is 1. The fourth-order valence-corrected chi connectivity index (χ4v) is 2.27. The zero-order valence-electron chi connectivity index (χ0n) is 16.3. The summed E-state index contributed by atoms with van der Waals surface area (Å²) in [5.74, 6) is 0.108. The number of methoxy groups -OCH3 is 2. The lowest BCUT2D eigenvalue weighted by Gasteiger charge is -2.10. The molecule has 2 aromatic carbocycles. The number of nitrogens with zero attached hydrogens (tertiary/aromatic N) is 1. The molecule has 2 amide bonds. The van der Waals surface area contributed by atoms with E-state index in [4.69, 9.17) is 20.0 Å². The molecule has 2 aromatic rings. The van der Waals surface area contributed by atoms with Crippen LogP contribution < -0.4 is 21.1 Å². The van der Waals surface area contributed by atoms with Crippen LogP contribution in [0.25, 0.3) is 0 Å². The first-order chi connectivity index (χ1) is 14.0. The molecule has 0 unspecified atom stereocenters. The number of nitrogens with one attached hydrogen (secondary N) is 2. The number of amidine groups is 1. The van der Waals surface area contributed by atoms with E-state index in [1.165, 1.54) is 7.11 Å². The Kier molecular flexibility index (Phi) is 8.46. The standard InChI is InChI=1S/C20H24N4O5/c1-27-12-11-18(21)24-29-13-19(25)22-15-9-7-14(8-10-15)20(26)23-16-5-3-4-6-17(16)28-2/h3-10H,11-13H2,1-2H3,(H2,21,24)(H,22,25)(H,23,26). The SMILES string of the molecule is COCC/C(N)=N/OCC(=O)Nc1ccc(C(=O)Nc2ccccc2OC)cc1. The van der Waals surface area contributed by atoms with Gasteiger partial charge in [-0.3, -0.25) is 9.59 Å². The minimum Gasteiger partial charge on any atom is -0.495 e. The minimum absolute atomic E-state index is 0.241. The highest BCUT2D eigenvalue weighted by atomic mass is 16.6. The normalized spacial score (nSPS) is 10.9. The summed E-state index contributed by atoms with van der Waals surface area (Å²) in [6.07, 6.45) is 0.413. The van der Waals surface area contributed by atoms with E-state index in [0.29, 0.717) is 35.7 Å². The Labute approximate surface area is 168 Å². The Balaban J connectivity index is 1.86. The first-order valence-electron chi connectivity index (χ1n) is 8.81. The Morgan fingerprint density at radius 2 is 1.76 bits per heavy atom. The molecule has 0 spiro atoms. The second-order valence-corrected chi connectivity index (χ2v) is 5.88. The summed E-state index contributed by atoms with van der Waals surface area (Å²) in [6, 6.07) is 13.5. The molecule has 4 N–H and O–H groups in total. The summed E-state index contributed by atoms with van der Waals surface area (Å²) >= 11 is 0. The lowest BCUT2D eigenvalue weighted by atomic mass is 10.2. The number of rotatable bonds is 10. The molecule has 0 saturated heterocycles. The van der Waals surface area contributed by atoms with E-state index in [1.54, 1.807) is 49.6 Å². The molecule has 0 fully saturated rings. The second kappa shape index (κ2) is 11.3. The number of hydrogen-bond acceptors (Lipinski definition) is 6. The van der Waals surface area contributed by atoms with E-state index in [9.17, 15) is 9.59 Å². The zero-order chi connectivity index (χ0) is 21.1. The summed E-state index contributed by atoms with van der Waals surface area (Å²) in [6.45, 7) is 0.131. The van der Waals surface area contributed by atoms with Crippen LogP contribution in [0.5, 0.6) is 5.75 Å². The number of carbonyl (C=O) groups is 2. The lowest BCUT2D eigenvalue weighted by molar-refractivity contribution is -0.120. The molecular formula is C20H24N4O5. The predicted molar refractivity (Wildman–Crippen MR) is 110 cm³/mol. The monoisotopic (exact) mass is 400 g/mol. The minimum atomic E-state index is -0.403. The average Bonchev–Trinajstić information content (AvgIpc) is 2.73. The van der Waals surface area contributed by atoms with Gasteiger partial charge < -0.3 is 30.7 Å². The van der Waals surface area contributed by atoms with Gasteiger partial charge in [-0.2, -0.15) is 0 Å². The fourth-order valence-electron chi connectivity index (χ4n) is 2.27. The van der Waals surface area contributed by atoms with Crippen molar-refractivity contribution in [3.63, 3.8) is 0 Å². The van der Waals surface area contributed by atoms with Crippen molar-refractivity contribution in [3.8, 4) is 5.75 Å². The van der Waals surface area contributed by atoms with Crippen LogP contribution in [0.3, 0.4) is 0 Å². The van der Waals surface area contributed by atoms with Crippen LogP contribution in [0.2, 0.25) is 0 Å². The third-order valence-corrected chi connectivity index (χ3v) is 3.73. The van der Waals surface area contributed by atoms with Gasteiger partial charge in [0.2, 0.25) is 0 Å². The van der Waals surface area contributed by atoms with E-state index < -0.39 is 5.91 Å². The van der Waals surface area contributed by atoms with Gasteiger partial charge in [0.1, 0.15) is 11.6 Å². The molecule has 0 aliphatic heterocycles. The van der Waals surface area contributed by atoms with Crippen molar-refractivity contribution in [1.29, 1.82) is 0 Å². The van der Waals surface area contributed by atoms with Crippen molar-refractivity contribution >= 4 is 29.0 Å². The maximum Gasteiger partial charge on any atom is 0.265 e. The van der Waals surface area contributed by atoms with Crippen molar-refractivity contribution in [2.75, 3.05) is 38.1 Å². The number of nitrogens with two attached hydrogens (primary N) is 1. The van der Waals surface area contributed by atoms with E-state index in [-0.39, 0.29) is 18.3 Å². The molecule has 9 nitrogen and oxygen atoms in total. The molecule has 0 aliphatic rings. The van der Waals surface area contributed by atoms with Crippen LogP contribution in [-0.4, -0.2) is 45.1 Å². The van der Waals surface area contributed by atoms with Gasteiger partial charge in [0.25, 0.3) is 11.8 Å². The molecule has 0 aromatic heterocycles. The summed E-state index contributed by atoms with van der Waals surface area (Å²) in [5.41, 5.74) is 7.10. The van der Waals surface area contributed by atoms with Crippen LogP contribution in [0.1, 0.15) is 16.8 Å². The molecule has 0 atom stereocenters. The van der Waals surface area contributed by atoms with Gasteiger partial charge in [-0.25, -0.2) is 0 Å². The predicted octanol–water partition coefficient (Wildman–Crippen LogP) is 2.21. The molecule has 154 valence electrons. The van der Waals surface area contributed by atoms with Gasteiger partial charge in [0, 0.05) is 24.8 Å². The zero-order valence-corrected chi connectivity index (χ0v) is 16.3. The number of benzene rings is 2. The van der Waals surface area contributed by atoms with Crippen LogP contribution >= 0.6 is 0 Å². The molecule has 29 heavy (non-hydrogen) atoms. The summed E-state index contributed by atoms with van der Waals surface area (Å²) in [4.78, 5) is 29.2. The highest BCUT2D eigenvalue weighted by Gasteiger charge is 2.10. The van der Waals surface area contributed by atoms with Crippen molar-refractivity contribution in [2.24, 2.45) is 10.9 Å². The molecule has 2 rings (SSSR count). The number of ether oxygens (including phenoxy) is 2. The van der Waals surface area contributed by atoms with Gasteiger partial charge in [0.05, 0.1) is 19.4 Å². The molecule has 0 radical (unpaired) electrons. The van der Waals surface area contributed by atoms with Crippen LogP contribution in [0, 0.1) is 0 Å². The van der Waals surface area contributed by atoms with Gasteiger partial charge in [-0.05, 0) is 36.4 Å². The highest BCUT2D eigenvalue weighted by molar-refractivity contribution is 6.05. The Hall–Kier alpha value is -3.59. The number of hydrogen-bond donors (Lipinski definition) is 3. The summed E-state index contributed by atoms with van der Waals surface area (Å²) < 4.78 is 10.1. The largest absolute Gasteiger partial charge is 0.495 e. The van der Waals surface area contributed by atoms with Gasteiger partial charge in [0.15, 0.2) is 6.61 Å². The highest BCUT2D eigenvalue weighted by Crippen LogP contribution is 2.23. The summed E-state index contributed by atoms with van der Waals surface area (Å²) in [5, 5.41) is 9.05. The molecule has 0 saturated carbocycles. The number of amides is 2. The molecule has 0 heterocycles. The second-order valence-electron chi connectivity index (χ2n) is 5.88. The first kappa shape index (κ1) is 21.7. The van der Waals surface area contributed by atoms with Crippen LogP contribution in [-0.2, 0) is 14.4 Å². The van der Waals surface area contributed by atoms with Crippen LogP contribution in [0.4, 0.5) is 11.4 Å². The maximum absolute atomic E-state index is 12.4. The molecule has 0 aliphatic carbocycles. The van der Waals surface area contributed by atoms with E-state index in [2.05, 4.69) is 15.8 Å². The van der Waals surface area contributed by atoms with Crippen molar-refractivity contribution in [2.45, 2.75) is 6.42 Å². The number of para-hydroxylation sites is 2. The van der Waals surface area contributed by atoms with E-state index >= 15 is 0 Å². The smallest absolute Gasteiger partial charge is 0.265 e. The van der Waals surface area contributed by atoms with E-state index in [0.717, 1.165) is 0 Å². The van der Waals surface area contributed by atoms with Gasteiger partial charge >= 0.3 is 0 Å². The van der Waals surface area contributed by atoms with Crippen molar-refractivity contribution in [1.82, 2.24) is 0 Å². The van der Waals surface area contributed by atoms with E-state index in [1.807, 2.05) is 6.07 Å². The van der Waals surface area contributed by atoms with Gasteiger partial charge in [-0.1, -0.05) is 17.3 Å². The summed E-state index contributed by atoms with van der Waals surface area (Å²) in [7, 11) is 3.08.